The fourth-order valence-corrected chi connectivity index (χ4v) is 2.24. The van der Waals surface area contributed by atoms with Crippen molar-refractivity contribution in [1.82, 2.24) is 10.2 Å². The van der Waals surface area contributed by atoms with Crippen LogP contribution in [0.5, 0.6) is 0 Å². The first-order chi connectivity index (χ1) is 9.59. The minimum atomic E-state index is 0.0433. The van der Waals surface area contributed by atoms with E-state index in [9.17, 15) is 4.79 Å². The van der Waals surface area contributed by atoms with Gasteiger partial charge in [-0.25, -0.2) is 4.79 Å². The van der Waals surface area contributed by atoms with Crippen LogP contribution in [0.1, 0.15) is 38.7 Å². The number of benzene rings is 1. The summed E-state index contributed by atoms with van der Waals surface area (Å²) >= 11 is 0. The number of carbonyl (C=O) groups excluding carboxylic acids is 1. The maximum Gasteiger partial charge on any atom is 0.317 e. The third kappa shape index (κ3) is 7.17. The highest BCUT2D eigenvalue weighted by Gasteiger charge is 2.08. The molecule has 0 atom stereocenters. The van der Waals surface area contributed by atoms with Crippen LogP contribution in [0.15, 0.2) is 30.3 Å². The number of nitrogens with one attached hydrogen (secondary N) is 1. The van der Waals surface area contributed by atoms with E-state index in [-0.39, 0.29) is 6.03 Å². The van der Waals surface area contributed by atoms with E-state index < -0.39 is 0 Å². The molecular formula is C17H28N2O. The number of rotatable bonds is 8. The lowest BCUT2D eigenvalue weighted by molar-refractivity contribution is 0.203. The molecule has 112 valence electrons. The van der Waals surface area contributed by atoms with E-state index >= 15 is 0 Å². The van der Waals surface area contributed by atoms with Crippen molar-refractivity contribution < 1.29 is 4.79 Å². The Labute approximate surface area is 123 Å². The van der Waals surface area contributed by atoms with Gasteiger partial charge in [0.1, 0.15) is 0 Å². The Hall–Kier alpha value is -1.51. The van der Waals surface area contributed by atoms with Crippen molar-refractivity contribution in [1.29, 1.82) is 0 Å². The molecule has 0 aliphatic heterocycles. The topological polar surface area (TPSA) is 32.3 Å². The molecule has 0 aliphatic carbocycles. The second kappa shape index (κ2) is 9.40. The molecule has 2 amide bonds. The van der Waals surface area contributed by atoms with Crippen molar-refractivity contribution in [2.75, 3.05) is 20.1 Å². The summed E-state index contributed by atoms with van der Waals surface area (Å²) in [5.41, 5.74) is 1.40. The molecule has 0 aromatic heterocycles. The zero-order valence-corrected chi connectivity index (χ0v) is 13.1. The third-order valence-corrected chi connectivity index (χ3v) is 3.25. The molecule has 3 heteroatoms. The summed E-state index contributed by atoms with van der Waals surface area (Å²) < 4.78 is 0. The van der Waals surface area contributed by atoms with Crippen molar-refractivity contribution in [3.8, 4) is 0 Å². The van der Waals surface area contributed by atoms with Gasteiger partial charge in [0.2, 0.25) is 0 Å². The number of carbonyl (C=O) groups is 1. The molecule has 0 bridgehead atoms. The minimum Gasteiger partial charge on any atom is -0.338 e. The van der Waals surface area contributed by atoms with Gasteiger partial charge in [0.25, 0.3) is 0 Å². The Morgan fingerprint density at radius 2 is 1.85 bits per heavy atom. The highest BCUT2D eigenvalue weighted by Crippen LogP contribution is 2.05. The maximum absolute atomic E-state index is 11.7. The van der Waals surface area contributed by atoms with Crippen LogP contribution in [0.3, 0.4) is 0 Å². The van der Waals surface area contributed by atoms with Crippen LogP contribution in [0.4, 0.5) is 4.79 Å². The van der Waals surface area contributed by atoms with E-state index in [1.807, 2.05) is 13.1 Å². The predicted octanol–water partition coefficient (Wildman–Crippen LogP) is 3.70. The number of nitrogens with zero attached hydrogens (tertiary/aromatic N) is 1. The highest BCUT2D eigenvalue weighted by atomic mass is 16.2. The molecule has 20 heavy (non-hydrogen) atoms. The zero-order valence-electron chi connectivity index (χ0n) is 13.1. The summed E-state index contributed by atoms with van der Waals surface area (Å²) in [6.07, 6.45) is 4.51. The Bertz CT molecular complexity index is 376. The van der Waals surface area contributed by atoms with Crippen LogP contribution in [-0.4, -0.2) is 31.1 Å². The van der Waals surface area contributed by atoms with Crippen LogP contribution in [0.2, 0.25) is 0 Å². The molecule has 0 radical (unpaired) electrons. The van der Waals surface area contributed by atoms with Gasteiger partial charge in [-0.1, -0.05) is 50.6 Å². The SMILES string of the molecule is CC(C)CN(C)C(=O)NCCCCCc1ccccc1. The number of amides is 2. The smallest absolute Gasteiger partial charge is 0.317 e. The second-order valence-corrected chi connectivity index (χ2v) is 5.80. The number of urea groups is 1. The van der Waals surface area contributed by atoms with Gasteiger partial charge in [-0.05, 0) is 30.7 Å². The molecule has 1 rings (SSSR count). The molecule has 0 fully saturated rings. The Morgan fingerprint density at radius 3 is 2.50 bits per heavy atom. The van der Waals surface area contributed by atoms with Crippen molar-refractivity contribution in [2.24, 2.45) is 5.92 Å². The monoisotopic (exact) mass is 276 g/mol. The van der Waals surface area contributed by atoms with E-state index in [2.05, 4.69) is 43.4 Å². The summed E-state index contributed by atoms with van der Waals surface area (Å²) in [5.74, 6) is 0.511. The Morgan fingerprint density at radius 1 is 1.15 bits per heavy atom. The molecule has 0 saturated carbocycles. The molecule has 0 spiro atoms. The van der Waals surface area contributed by atoms with E-state index in [0.717, 1.165) is 32.4 Å². The maximum atomic E-state index is 11.7. The lowest BCUT2D eigenvalue weighted by Gasteiger charge is -2.19. The summed E-state index contributed by atoms with van der Waals surface area (Å²) in [5, 5.41) is 2.97. The molecule has 1 aromatic rings. The lowest BCUT2D eigenvalue weighted by Crippen LogP contribution is -2.39. The highest BCUT2D eigenvalue weighted by molar-refractivity contribution is 5.73. The molecule has 3 nitrogen and oxygen atoms in total. The first-order valence-corrected chi connectivity index (χ1v) is 7.62. The van der Waals surface area contributed by atoms with E-state index in [1.165, 1.54) is 12.0 Å². The van der Waals surface area contributed by atoms with Gasteiger partial charge in [-0.3, -0.25) is 0 Å². The van der Waals surface area contributed by atoms with Crippen LogP contribution in [-0.2, 0) is 6.42 Å². The summed E-state index contributed by atoms with van der Waals surface area (Å²) in [6.45, 7) is 5.82. The second-order valence-electron chi connectivity index (χ2n) is 5.80. The molecule has 0 aliphatic rings. The van der Waals surface area contributed by atoms with Gasteiger partial charge in [0.05, 0.1) is 0 Å². The van der Waals surface area contributed by atoms with E-state index in [0.29, 0.717) is 5.92 Å². The predicted molar refractivity (Wildman–Crippen MR) is 84.9 cm³/mol. The molecule has 1 aromatic carbocycles. The van der Waals surface area contributed by atoms with Gasteiger partial charge in [-0.15, -0.1) is 0 Å². The zero-order chi connectivity index (χ0) is 14.8. The van der Waals surface area contributed by atoms with Gasteiger partial charge in [-0.2, -0.15) is 0 Å². The first-order valence-electron chi connectivity index (χ1n) is 7.62. The van der Waals surface area contributed by atoms with Gasteiger partial charge in [0.15, 0.2) is 0 Å². The molecular weight excluding hydrogens is 248 g/mol. The Balaban J connectivity index is 2.03. The largest absolute Gasteiger partial charge is 0.338 e. The van der Waals surface area contributed by atoms with Gasteiger partial charge in [0, 0.05) is 20.1 Å². The van der Waals surface area contributed by atoms with Crippen LogP contribution >= 0.6 is 0 Å². The number of aryl methyl sites for hydroxylation is 1. The Kier molecular flexibility index (Phi) is 7.78. The lowest BCUT2D eigenvalue weighted by atomic mass is 10.1. The number of hydrogen-bond acceptors (Lipinski definition) is 1. The van der Waals surface area contributed by atoms with Crippen molar-refractivity contribution in [3.63, 3.8) is 0 Å². The van der Waals surface area contributed by atoms with Crippen molar-refractivity contribution in [2.45, 2.75) is 39.5 Å². The minimum absolute atomic E-state index is 0.0433. The molecule has 1 N–H and O–H groups in total. The average Bonchev–Trinajstić information content (AvgIpc) is 2.42. The van der Waals surface area contributed by atoms with Crippen molar-refractivity contribution in [3.05, 3.63) is 35.9 Å². The van der Waals surface area contributed by atoms with Gasteiger partial charge < -0.3 is 10.2 Å². The van der Waals surface area contributed by atoms with Gasteiger partial charge >= 0.3 is 6.03 Å². The first kappa shape index (κ1) is 16.5. The third-order valence-electron chi connectivity index (χ3n) is 3.25. The van der Waals surface area contributed by atoms with Crippen LogP contribution in [0.25, 0.3) is 0 Å². The summed E-state index contributed by atoms with van der Waals surface area (Å²) in [4.78, 5) is 13.5. The molecule has 0 heterocycles. The van der Waals surface area contributed by atoms with Crippen LogP contribution < -0.4 is 5.32 Å². The number of hydrogen-bond donors (Lipinski definition) is 1. The standard InChI is InChI=1S/C17H28N2O/c1-15(2)14-19(3)17(20)18-13-9-5-8-12-16-10-6-4-7-11-16/h4,6-7,10-11,15H,5,8-9,12-14H2,1-3H3,(H,18,20). The summed E-state index contributed by atoms with van der Waals surface area (Å²) in [6, 6.07) is 10.6. The average molecular weight is 276 g/mol. The normalized spacial score (nSPS) is 10.6. The fourth-order valence-electron chi connectivity index (χ4n) is 2.24. The van der Waals surface area contributed by atoms with E-state index in [1.54, 1.807) is 4.90 Å². The van der Waals surface area contributed by atoms with E-state index in [4.69, 9.17) is 0 Å². The summed E-state index contributed by atoms with van der Waals surface area (Å²) in [7, 11) is 1.85. The van der Waals surface area contributed by atoms with Crippen molar-refractivity contribution >= 4 is 6.03 Å². The molecule has 0 saturated heterocycles. The molecule has 0 unspecified atom stereocenters. The quantitative estimate of drug-likeness (QED) is 0.721. The van der Waals surface area contributed by atoms with Crippen LogP contribution in [0, 0.1) is 5.92 Å². The fraction of sp³-hybridized carbons (Fsp3) is 0.588. The number of unbranched alkanes of at least 4 members (excludes halogenated alkanes) is 2.